The summed E-state index contributed by atoms with van der Waals surface area (Å²) in [6.45, 7) is 0. The van der Waals surface area contributed by atoms with E-state index in [1.807, 2.05) is 18.2 Å². The molecular weight excluding hydrogens is 274 g/mol. The molecule has 0 saturated heterocycles. The smallest absolute Gasteiger partial charge is 0.268 e. The molecule has 1 fully saturated rings. The Morgan fingerprint density at radius 3 is 2.25 bits per heavy atom. The molecule has 0 aromatic heterocycles. The Morgan fingerprint density at radius 2 is 1.60 bits per heavy atom. The quantitative estimate of drug-likeness (QED) is 0.780. The third kappa shape index (κ3) is 2.16. The van der Waals surface area contributed by atoms with E-state index in [2.05, 4.69) is 0 Å². The maximum Gasteiger partial charge on any atom is 0.277 e. The molecular formula is C16H16ClNO2. The van der Waals surface area contributed by atoms with Crippen LogP contribution < -0.4 is 4.90 Å². The second kappa shape index (κ2) is 5.41. The average Bonchev–Trinajstić information content (AvgIpc) is 2.71. The number of imide groups is 1. The van der Waals surface area contributed by atoms with E-state index in [0.29, 0.717) is 11.3 Å². The zero-order chi connectivity index (χ0) is 14.1. The Labute approximate surface area is 123 Å². The van der Waals surface area contributed by atoms with Gasteiger partial charge in [0.15, 0.2) is 0 Å². The first-order valence-electron chi connectivity index (χ1n) is 7.03. The first-order valence-corrected chi connectivity index (χ1v) is 7.41. The predicted molar refractivity (Wildman–Crippen MR) is 78.4 cm³/mol. The lowest BCUT2D eigenvalue weighted by Crippen LogP contribution is -2.32. The highest BCUT2D eigenvalue weighted by atomic mass is 35.5. The van der Waals surface area contributed by atoms with Gasteiger partial charge in [-0.1, -0.05) is 49.1 Å². The van der Waals surface area contributed by atoms with Crippen molar-refractivity contribution in [2.45, 2.75) is 32.1 Å². The molecule has 1 heterocycles. The van der Waals surface area contributed by atoms with Gasteiger partial charge in [0.25, 0.3) is 11.8 Å². The third-order valence-electron chi connectivity index (χ3n) is 4.09. The number of benzene rings is 1. The molecule has 0 spiro atoms. The van der Waals surface area contributed by atoms with Crippen molar-refractivity contribution in [1.82, 2.24) is 0 Å². The highest BCUT2D eigenvalue weighted by molar-refractivity contribution is 6.52. The fraction of sp³-hybridized carbons (Fsp3) is 0.375. The lowest BCUT2D eigenvalue weighted by molar-refractivity contribution is -0.120. The van der Waals surface area contributed by atoms with E-state index >= 15 is 0 Å². The van der Waals surface area contributed by atoms with Gasteiger partial charge in [-0.25, -0.2) is 4.90 Å². The van der Waals surface area contributed by atoms with Crippen molar-refractivity contribution in [1.29, 1.82) is 0 Å². The number of amides is 2. The monoisotopic (exact) mass is 289 g/mol. The molecule has 1 saturated carbocycles. The van der Waals surface area contributed by atoms with Crippen LogP contribution in [0.3, 0.4) is 0 Å². The maximum atomic E-state index is 12.6. The van der Waals surface area contributed by atoms with Crippen molar-refractivity contribution in [2.75, 3.05) is 4.90 Å². The summed E-state index contributed by atoms with van der Waals surface area (Å²) >= 11 is 6.17. The van der Waals surface area contributed by atoms with Crippen LogP contribution in [0.15, 0.2) is 40.9 Å². The fourth-order valence-corrected chi connectivity index (χ4v) is 3.40. The molecule has 3 nitrogen and oxygen atoms in total. The second-order valence-corrected chi connectivity index (χ2v) is 5.72. The molecule has 2 aliphatic rings. The highest BCUT2D eigenvalue weighted by Gasteiger charge is 2.41. The molecule has 1 aromatic rings. The topological polar surface area (TPSA) is 37.4 Å². The predicted octanol–water partition coefficient (Wildman–Crippen LogP) is 3.63. The van der Waals surface area contributed by atoms with E-state index < -0.39 is 0 Å². The molecule has 1 aliphatic carbocycles. The van der Waals surface area contributed by atoms with E-state index in [1.165, 1.54) is 11.3 Å². The van der Waals surface area contributed by atoms with Crippen molar-refractivity contribution in [2.24, 2.45) is 5.92 Å². The van der Waals surface area contributed by atoms with E-state index in [0.717, 1.165) is 25.7 Å². The number of halogens is 1. The van der Waals surface area contributed by atoms with E-state index in [1.54, 1.807) is 12.1 Å². The van der Waals surface area contributed by atoms with Gasteiger partial charge >= 0.3 is 0 Å². The van der Waals surface area contributed by atoms with Crippen LogP contribution >= 0.6 is 11.6 Å². The van der Waals surface area contributed by atoms with Gasteiger partial charge in [0.2, 0.25) is 0 Å². The van der Waals surface area contributed by atoms with Gasteiger partial charge in [-0.2, -0.15) is 0 Å². The standard InChI is InChI=1S/C16H16ClNO2/c17-14-13(11-7-3-1-4-8-11)15(19)18(16(14)20)12-9-5-2-6-10-12/h2,5-6,9-11H,1,3-4,7-8H2. The molecule has 0 bridgehead atoms. The van der Waals surface area contributed by atoms with Crippen molar-refractivity contribution in [3.63, 3.8) is 0 Å². The Bertz CT molecular complexity index is 573. The highest BCUT2D eigenvalue weighted by Crippen LogP contribution is 2.38. The van der Waals surface area contributed by atoms with Crippen molar-refractivity contribution < 1.29 is 9.59 Å². The Kier molecular flexibility index (Phi) is 3.62. The molecule has 104 valence electrons. The minimum atomic E-state index is -0.386. The van der Waals surface area contributed by atoms with Gasteiger partial charge in [0, 0.05) is 5.57 Å². The number of nitrogens with zero attached hydrogens (tertiary/aromatic N) is 1. The molecule has 0 radical (unpaired) electrons. The van der Waals surface area contributed by atoms with Crippen molar-refractivity contribution in [3.05, 3.63) is 40.9 Å². The van der Waals surface area contributed by atoms with Crippen molar-refractivity contribution in [3.8, 4) is 0 Å². The molecule has 3 rings (SSSR count). The maximum absolute atomic E-state index is 12.6. The van der Waals surface area contributed by atoms with Crippen LogP contribution in [0, 0.1) is 5.92 Å². The lowest BCUT2D eigenvalue weighted by atomic mass is 9.83. The molecule has 1 aromatic carbocycles. The Morgan fingerprint density at radius 1 is 0.950 bits per heavy atom. The molecule has 4 heteroatoms. The number of para-hydroxylation sites is 1. The summed E-state index contributed by atoms with van der Waals surface area (Å²) in [4.78, 5) is 26.1. The molecule has 0 atom stereocenters. The third-order valence-corrected chi connectivity index (χ3v) is 4.45. The SMILES string of the molecule is O=C1C(Cl)=C(C2CCCCC2)C(=O)N1c1ccccc1. The summed E-state index contributed by atoms with van der Waals surface area (Å²) < 4.78 is 0. The summed E-state index contributed by atoms with van der Waals surface area (Å²) in [5, 5.41) is 0.116. The van der Waals surface area contributed by atoms with E-state index in [9.17, 15) is 9.59 Å². The van der Waals surface area contributed by atoms with Gasteiger partial charge < -0.3 is 0 Å². The van der Waals surface area contributed by atoms with E-state index in [4.69, 9.17) is 11.6 Å². The number of hydrogen-bond acceptors (Lipinski definition) is 2. The van der Waals surface area contributed by atoms with Crippen LogP contribution in [0.25, 0.3) is 0 Å². The molecule has 2 amide bonds. The summed E-state index contributed by atoms with van der Waals surface area (Å²) in [7, 11) is 0. The number of carbonyl (C=O) groups excluding carboxylic acids is 2. The molecule has 1 aliphatic heterocycles. The van der Waals surface area contributed by atoms with Crippen molar-refractivity contribution >= 4 is 29.1 Å². The Balaban J connectivity index is 1.93. The molecule has 0 N–H and O–H groups in total. The number of hydrogen-bond donors (Lipinski definition) is 0. The summed E-state index contributed by atoms with van der Waals surface area (Å²) in [5.41, 5.74) is 1.12. The summed E-state index contributed by atoms with van der Waals surface area (Å²) in [6, 6.07) is 8.98. The first kappa shape index (κ1) is 13.4. The second-order valence-electron chi connectivity index (χ2n) is 5.34. The van der Waals surface area contributed by atoms with Gasteiger partial charge in [-0.05, 0) is 30.9 Å². The Hall–Kier alpha value is -1.61. The van der Waals surface area contributed by atoms with Gasteiger partial charge in [-0.15, -0.1) is 0 Å². The molecule has 20 heavy (non-hydrogen) atoms. The van der Waals surface area contributed by atoms with Gasteiger partial charge in [-0.3, -0.25) is 9.59 Å². The largest absolute Gasteiger partial charge is 0.277 e. The normalized spacial score (nSPS) is 20.9. The van der Waals surface area contributed by atoms with E-state index in [-0.39, 0.29) is 22.8 Å². The van der Waals surface area contributed by atoms with Gasteiger partial charge in [0.1, 0.15) is 5.03 Å². The summed E-state index contributed by atoms with van der Waals surface area (Å²) in [6.07, 6.45) is 5.31. The number of rotatable bonds is 2. The minimum Gasteiger partial charge on any atom is -0.268 e. The van der Waals surface area contributed by atoms with Crippen LogP contribution in [0.5, 0.6) is 0 Å². The average molecular weight is 290 g/mol. The van der Waals surface area contributed by atoms with Crippen LogP contribution in [0.1, 0.15) is 32.1 Å². The molecule has 0 unspecified atom stereocenters. The lowest BCUT2D eigenvalue weighted by Gasteiger charge is -2.22. The van der Waals surface area contributed by atoms with Gasteiger partial charge in [0.05, 0.1) is 5.69 Å². The van der Waals surface area contributed by atoms with Crippen LogP contribution in [0.2, 0.25) is 0 Å². The number of anilines is 1. The number of carbonyl (C=O) groups is 2. The summed E-state index contributed by atoms with van der Waals surface area (Å²) in [5.74, 6) is -0.483. The minimum absolute atomic E-state index is 0.116. The zero-order valence-corrected chi connectivity index (χ0v) is 11.9. The van der Waals surface area contributed by atoms with Crippen LogP contribution in [0.4, 0.5) is 5.69 Å². The van der Waals surface area contributed by atoms with Crippen LogP contribution in [-0.2, 0) is 9.59 Å². The zero-order valence-electron chi connectivity index (χ0n) is 11.1. The van der Waals surface area contributed by atoms with Crippen LogP contribution in [-0.4, -0.2) is 11.8 Å². The fourth-order valence-electron chi connectivity index (χ4n) is 3.08. The first-order chi connectivity index (χ1) is 9.70.